The van der Waals surface area contributed by atoms with Crippen LogP contribution in [0.5, 0.6) is 0 Å². The molecule has 1 aromatic carbocycles. The lowest BCUT2D eigenvalue weighted by Crippen LogP contribution is -2.57. The molecule has 0 bridgehead atoms. The van der Waals surface area contributed by atoms with E-state index in [0.29, 0.717) is 0 Å². The van der Waals surface area contributed by atoms with E-state index in [1.807, 2.05) is 13.0 Å². The molecule has 0 saturated carbocycles. The zero-order valence-electron chi connectivity index (χ0n) is 11.9. The van der Waals surface area contributed by atoms with Crippen molar-refractivity contribution in [3.05, 3.63) is 42.0 Å². The molecule has 18 heavy (non-hydrogen) atoms. The summed E-state index contributed by atoms with van der Waals surface area (Å²) in [5, 5.41) is 0. The zero-order chi connectivity index (χ0) is 13.6. The Morgan fingerprint density at radius 2 is 2.00 bits per heavy atom. The normalized spacial score (nSPS) is 27.7. The summed E-state index contributed by atoms with van der Waals surface area (Å²) in [5.41, 5.74) is 3.04. The highest BCUT2D eigenvalue weighted by atomic mass is 17.3. The molecule has 2 atom stereocenters. The van der Waals surface area contributed by atoms with Crippen LogP contribution in [0, 0.1) is 5.41 Å². The van der Waals surface area contributed by atoms with Gasteiger partial charge in [0.25, 0.3) is 0 Å². The van der Waals surface area contributed by atoms with Gasteiger partial charge < -0.3 is 0 Å². The first-order valence-electron chi connectivity index (χ1n) is 6.36. The quantitative estimate of drug-likeness (QED) is 0.724. The summed E-state index contributed by atoms with van der Waals surface area (Å²) in [5.74, 6) is 0. The van der Waals surface area contributed by atoms with Gasteiger partial charge in [0.05, 0.1) is 0 Å². The van der Waals surface area contributed by atoms with Crippen LogP contribution in [0.4, 0.5) is 0 Å². The Morgan fingerprint density at radius 1 is 1.33 bits per heavy atom. The number of rotatable bonds is 2. The van der Waals surface area contributed by atoms with E-state index in [4.69, 9.17) is 9.78 Å². The van der Waals surface area contributed by atoms with E-state index in [2.05, 4.69) is 52.5 Å². The molecule has 98 valence electrons. The summed E-state index contributed by atoms with van der Waals surface area (Å²) < 4.78 is 0. The Morgan fingerprint density at radius 3 is 2.44 bits per heavy atom. The third-order valence-corrected chi connectivity index (χ3v) is 3.53. The van der Waals surface area contributed by atoms with E-state index < -0.39 is 0 Å². The van der Waals surface area contributed by atoms with Crippen LogP contribution in [0.1, 0.15) is 45.7 Å². The minimum Gasteiger partial charge on any atom is -0.228 e. The molecule has 2 rings (SSSR count). The Labute approximate surface area is 110 Å². The predicted molar refractivity (Wildman–Crippen MR) is 73.9 cm³/mol. The largest absolute Gasteiger partial charge is 0.228 e. The molecule has 1 aliphatic heterocycles. The lowest BCUT2D eigenvalue weighted by atomic mass is 9.74. The van der Waals surface area contributed by atoms with Crippen LogP contribution in [-0.2, 0) is 15.4 Å². The van der Waals surface area contributed by atoms with Gasteiger partial charge in [-0.05, 0) is 36.5 Å². The Bertz CT molecular complexity index is 470. The van der Waals surface area contributed by atoms with E-state index in [-0.39, 0.29) is 17.1 Å². The number of benzene rings is 1. The van der Waals surface area contributed by atoms with Gasteiger partial charge in [-0.1, -0.05) is 51.1 Å². The van der Waals surface area contributed by atoms with Crippen LogP contribution >= 0.6 is 0 Å². The Hall–Kier alpha value is -1.12. The number of hydrogen-bond donors (Lipinski definition) is 0. The van der Waals surface area contributed by atoms with Crippen molar-refractivity contribution in [3.8, 4) is 0 Å². The first-order chi connectivity index (χ1) is 8.25. The molecule has 0 N–H and O–H groups in total. The van der Waals surface area contributed by atoms with Crippen molar-refractivity contribution in [2.45, 2.75) is 46.3 Å². The second-order valence-corrected chi connectivity index (χ2v) is 6.39. The molecule has 0 aliphatic carbocycles. The average molecular weight is 246 g/mol. The molecule has 0 spiro atoms. The smallest absolute Gasteiger partial charge is 0.155 e. The molecule has 1 saturated heterocycles. The van der Waals surface area contributed by atoms with Crippen molar-refractivity contribution >= 4 is 5.57 Å². The van der Waals surface area contributed by atoms with E-state index >= 15 is 0 Å². The van der Waals surface area contributed by atoms with Gasteiger partial charge in [-0.2, -0.15) is 0 Å². The van der Waals surface area contributed by atoms with Crippen molar-refractivity contribution < 1.29 is 9.78 Å². The fourth-order valence-electron chi connectivity index (χ4n) is 2.50. The van der Waals surface area contributed by atoms with Crippen molar-refractivity contribution in [1.29, 1.82) is 0 Å². The molecule has 1 heterocycles. The van der Waals surface area contributed by atoms with Crippen LogP contribution in [0.2, 0.25) is 0 Å². The zero-order valence-corrected chi connectivity index (χ0v) is 11.9. The molecule has 1 aromatic rings. The van der Waals surface area contributed by atoms with E-state index in [0.717, 1.165) is 16.7 Å². The summed E-state index contributed by atoms with van der Waals surface area (Å²) in [6.45, 7) is 14.6. The third-order valence-electron chi connectivity index (χ3n) is 3.53. The molecule has 0 amide bonds. The van der Waals surface area contributed by atoms with E-state index in [1.54, 1.807) is 0 Å². The molecule has 0 radical (unpaired) electrons. The summed E-state index contributed by atoms with van der Waals surface area (Å²) >= 11 is 0. The lowest BCUT2D eigenvalue weighted by Gasteiger charge is -2.50. The summed E-state index contributed by atoms with van der Waals surface area (Å²) in [6, 6.07) is 8.35. The van der Waals surface area contributed by atoms with Gasteiger partial charge in [0.1, 0.15) is 6.10 Å². The van der Waals surface area contributed by atoms with Gasteiger partial charge in [-0.3, -0.25) is 0 Å². The van der Waals surface area contributed by atoms with Crippen LogP contribution in [0.15, 0.2) is 30.8 Å². The first kappa shape index (κ1) is 13.3. The molecular weight excluding hydrogens is 224 g/mol. The molecule has 2 nitrogen and oxygen atoms in total. The molecule has 1 aliphatic rings. The van der Waals surface area contributed by atoms with Gasteiger partial charge in [-0.15, -0.1) is 0 Å². The summed E-state index contributed by atoms with van der Waals surface area (Å²) in [4.78, 5) is 10.8. The summed E-state index contributed by atoms with van der Waals surface area (Å²) in [6.07, 6.45) is 0.0605. The molecule has 2 unspecified atom stereocenters. The van der Waals surface area contributed by atoms with Gasteiger partial charge in [0.2, 0.25) is 0 Å². The maximum Gasteiger partial charge on any atom is 0.155 e. The van der Waals surface area contributed by atoms with E-state index in [9.17, 15) is 0 Å². The fraction of sp³-hybridized carbons (Fsp3) is 0.500. The van der Waals surface area contributed by atoms with Gasteiger partial charge in [0, 0.05) is 0 Å². The fourth-order valence-corrected chi connectivity index (χ4v) is 2.50. The monoisotopic (exact) mass is 246 g/mol. The highest BCUT2D eigenvalue weighted by Crippen LogP contribution is 2.47. The molecular formula is C16H22O2. The average Bonchev–Trinajstić information content (AvgIpc) is 2.24. The minimum absolute atomic E-state index is 0.0478. The Balaban J connectivity index is 2.37. The third kappa shape index (κ3) is 2.11. The topological polar surface area (TPSA) is 18.5 Å². The van der Waals surface area contributed by atoms with Crippen LogP contribution in [0.3, 0.4) is 0 Å². The van der Waals surface area contributed by atoms with Crippen LogP contribution in [0.25, 0.3) is 5.57 Å². The molecule has 0 aromatic heterocycles. The van der Waals surface area contributed by atoms with Gasteiger partial charge >= 0.3 is 0 Å². The first-order valence-corrected chi connectivity index (χ1v) is 6.36. The highest BCUT2D eigenvalue weighted by molar-refractivity contribution is 5.62. The second kappa shape index (κ2) is 4.22. The summed E-state index contributed by atoms with van der Waals surface area (Å²) in [7, 11) is 0. The second-order valence-electron chi connectivity index (χ2n) is 6.39. The van der Waals surface area contributed by atoms with E-state index in [1.165, 1.54) is 0 Å². The highest BCUT2D eigenvalue weighted by Gasteiger charge is 2.54. The maximum absolute atomic E-state index is 5.45. The van der Waals surface area contributed by atoms with Crippen molar-refractivity contribution in [3.63, 3.8) is 0 Å². The number of allylic oxidation sites excluding steroid dienone is 1. The SMILES string of the molecule is C=C(C)c1cccc(C2(C)OOC2C(C)(C)C)c1. The maximum atomic E-state index is 5.45. The van der Waals surface area contributed by atoms with Gasteiger partial charge in [0.15, 0.2) is 5.60 Å². The lowest BCUT2D eigenvalue weighted by molar-refractivity contribution is -0.529. The molecule has 2 heteroatoms. The van der Waals surface area contributed by atoms with Crippen LogP contribution in [-0.4, -0.2) is 6.10 Å². The standard InChI is InChI=1S/C16H22O2/c1-11(2)12-8-7-9-13(10-12)16(6)14(17-18-16)15(3,4)5/h7-10,14H,1H2,2-6H3. The Kier molecular flexibility index (Phi) is 3.12. The van der Waals surface area contributed by atoms with Crippen LogP contribution < -0.4 is 0 Å². The number of hydrogen-bond acceptors (Lipinski definition) is 2. The minimum atomic E-state index is -0.371. The van der Waals surface area contributed by atoms with Crippen molar-refractivity contribution in [2.24, 2.45) is 5.41 Å². The predicted octanol–water partition coefficient (Wildman–Crippen LogP) is 4.31. The molecule has 1 fully saturated rings. The van der Waals surface area contributed by atoms with Crippen molar-refractivity contribution in [2.75, 3.05) is 0 Å². The van der Waals surface area contributed by atoms with Crippen molar-refractivity contribution in [1.82, 2.24) is 0 Å². The van der Waals surface area contributed by atoms with Gasteiger partial charge in [-0.25, -0.2) is 9.78 Å².